The van der Waals surface area contributed by atoms with Crippen molar-refractivity contribution in [2.24, 2.45) is 0 Å². The molecule has 0 saturated heterocycles. The molecule has 8 nitrogen and oxygen atoms in total. The molecule has 2 aromatic rings. The standard InChI is InChI=1S/C16H14ClN3O5/c1-24-16(25-2)8-5-7(3-4-10(8)17)20-11(21)6-9-12(13(20)18)15(23)19-14(9)22/h3-6,16H,18H2,1-2H3,(H,19,22,23). The van der Waals surface area contributed by atoms with Gasteiger partial charge in [0.1, 0.15) is 5.82 Å². The van der Waals surface area contributed by atoms with E-state index in [1.807, 2.05) is 0 Å². The average molecular weight is 364 g/mol. The topological polar surface area (TPSA) is 113 Å². The second-order valence-electron chi connectivity index (χ2n) is 5.28. The van der Waals surface area contributed by atoms with Gasteiger partial charge in [0.25, 0.3) is 17.4 Å². The van der Waals surface area contributed by atoms with E-state index in [0.717, 1.165) is 10.6 Å². The summed E-state index contributed by atoms with van der Waals surface area (Å²) in [4.78, 5) is 36.1. The minimum Gasteiger partial charge on any atom is -0.384 e. The number of aromatic nitrogens is 1. The van der Waals surface area contributed by atoms with E-state index < -0.39 is 23.7 Å². The summed E-state index contributed by atoms with van der Waals surface area (Å²) >= 11 is 6.16. The Labute approximate surface area is 147 Å². The van der Waals surface area contributed by atoms with Gasteiger partial charge in [0.2, 0.25) is 0 Å². The monoisotopic (exact) mass is 363 g/mol. The van der Waals surface area contributed by atoms with Crippen LogP contribution in [-0.4, -0.2) is 30.6 Å². The fourth-order valence-corrected chi connectivity index (χ4v) is 2.95. The Balaban J connectivity index is 2.24. The van der Waals surface area contributed by atoms with Gasteiger partial charge in [0, 0.05) is 30.9 Å². The lowest BCUT2D eigenvalue weighted by atomic mass is 10.1. The van der Waals surface area contributed by atoms with E-state index in [0.29, 0.717) is 16.3 Å². The molecule has 0 unspecified atom stereocenters. The third-order valence-electron chi connectivity index (χ3n) is 3.87. The Morgan fingerprint density at radius 1 is 1.12 bits per heavy atom. The lowest BCUT2D eigenvalue weighted by molar-refractivity contribution is -0.105. The fraction of sp³-hybridized carbons (Fsp3) is 0.188. The molecule has 9 heteroatoms. The molecule has 0 fully saturated rings. The highest BCUT2D eigenvalue weighted by atomic mass is 35.5. The summed E-state index contributed by atoms with van der Waals surface area (Å²) in [5.41, 5.74) is 6.22. The zero-order chi connectivity index (χ0) is 18.3. The fourth-order valence-electron chi connectivity index (χ4n) is 2.75. The number of pyridine rings is 1. The number of hydrogen-bond donors (Lipinski definition) is 2. The summed E-state index contributed by atoms with van der Waals surface area (Å²) in [6.45, 7) is 0. The van der Waals surface area contributed by atoms with Crippen LogP contribution < -0.4 is 16.6 Å². The Hall–Kier alpha value is -2.68. The maximum absolute atomic E-state index is 12.5. The van der Waals surface area contributed by atoms with Crippen molar-refractivity contribution in [1.29, 1.82) is 0 Å². The molecular weight excluding hydrogens is 350 g/mol. The molecule has 0 aliphatic carbocycles. The molecule has 25 heavy (non-hydrogen) atoms. The highest BCUT2D eigenvalue weighted by Gasteiger charge is 2.32. The van der Waals surface area contributed by atoms with Crippen LogP contribution in [-0.2, 0) is 9.47 Å². The number of hydrogen-bond acceptors (Lipinski definition) is 6. The number of nitrogens with two attached hydrogens (primary N) is 1. The SMILES string of the molecule is COC(OC)c1cc(-n2c(N)c3c(cc2=O)C(=O)NC3=O)ccc1Cl. The molecule has 1 aromatic carbocycles. The predicted octanol–water partition coefficient (Wildman–Crippen LogP) is 1.25. The van der Waals surface area contributed by atoms with E-state index in [9.17, 15) is 14.4 Å². The minimum absolute atomic E-state index is 0.0314. The van der Waals surface area contributed by atoms with Crippen molar-refractivity contribution in [3.8, 4) is 5.69 Å². The van der Waals surface area contributed by atoms with Gasteiger partial charge < -0.3 is 15.2 Å². The number of carbonyl (C=O) groups is 2. The van der Waals surface area contributed by atoms with Gasteiger partial charge in [-0.1, -0.05) is 11.6 Å². The van der Waals surface area contributed by atoms with Crippen molar-refractivity contribution in [2.45, 2.75) is 6.29 Å². The van der Waals surface area contributed by atoms with Gasteiger partial charge in [-0.05, 0) is 18.2 Å². The van der Waals surface area contributed by atoms with Crippen LogP contribution in [0.1, 0.15) is 32.6 Å². The van der Waals surface area contributed by atoms with Crippen LogP contribution in [0.15, 0.2) is 29.1 Å². The number of carbonyl (C=O) groups excluding carboxylic acids is 2. The Morgan fingerprint density at radius 2 is 1.80 bits per heavy atom. The van der Waals surface area contributed by atoms with Crippen molar-refractivity contribution in [3.05, 3.63) is 56.3 Å². The second kappa shape index (κ2) is 6.32. The van der Waals surface area contributed by atoms with Crippen LogP contribution in [0.3, 0.4) is 0 Å². The number of anilines is 1. The van der Waals surface area contributed by atoms with Crippen LogP contribution in [0.2, 0.25) is 5.02 Å². The van der Waals surface area contributed by atoms with Gasteiger partial charge in [-0.25, -0.2) is 0 Å². The van der Waals surface area contributed by atoms with Gasteiger partial charge in [-0.2, -0.15) is 0 Å². The number of rotatable bonds is 4. The summed E-state index contributed by atoms with van der Waals surface area (Å²) in [5, 5.41) is 2.49. The number of nitrogens with zero attached hydrogens (tertiary/aromatic N) is 1. The molecule has 3 N–H and O–H groups in total. The molecule has 0 spiro atoms. The second-order valence-corrected chi connectivity index (χ2v) is 5.69. The number of amides is 2. The summed E-state index contributed by atoms with van der Waals surface area (Å²) < 4.78 is 11.5. The van der Waals surface area contributed by atoms with E-state index in [1.54, 1.807) is 18.2 Å². The van der Waals surface area contributed by atoms with Crippen molar-refractivity contribution in [2.75, 3.05) is 20.0 Å². The molecule has 1 aromatic heterocycles. The largest absolute Gasteiger partial charge is 0.384 e. The first-order valence-corrected chi connectivity index (χ1v) is 7.53. The highest BCUT2D eigenvalue weighted by Crippen LogP contribution is 2.29. The average Bonchev–Trinajstić information content (AvgIpc) is 2.85. The van der Waals surface area contributed by atoms with Gasteiger partial charge in [0.05, 0.1) is 16.8 Å². The normalized spacial score (nSPS) is 13.3. The van der Waals surface area contributed by atoms with Crippen molar-refractivity contribution in [1.82, 2.24) is 9.88 Å². The number of fused-ring (bicyclic) bond motifs is 1. The summed E-state index contributed by atoms with van der Waals surface area (Å²) in [6, 6.07) is 5.76. The first-order chi connectivity index (χ1) is 11.9. The lowest BCUT2D eigenvalue weighted by Crippen LogP contribution is -2.24. The highest BCUT2D eigenvalue weighted by molar-refractivity contribution is 6.31. The third kappa shape index (κ3) is 2.70. The molecule has 1 aliphatic rings. The van der Waals surface area contributed by atoms with Gasteiger partial charge in [-0.15, -0.1) is 0 Å². The van der Waals surface area contributed by atoms with Crippen molar-refractivity contribution in [3.63, 3.8) is 0 Å². The number of imide groups is 1. The van der Waals surface area contributed by atoms with E-state index in [4.69, 9.17) is 26.8 Å². The van der Waals surface area contributed by atoms with Gasteiger partial charge in [0.15, 0.2) is 6.29 Å². The number of nitrogen functional groups attached to an aromatic ring is 1. The third-order valence-corrected chi connectivity index (χ3v) is 4.22. The Kier molecular flexibility index (Phi) is 4.34. The molecule has 2 heterocycles. The summed E-state index contributed by atoms with van der Waals surface area (Å²) in [6.07, 6.45) is -0.747. The lowest BCUT2D eigenvalue weighted by Gasteiger charge is -2.18. The van der Waals surface area contributed by atoms with E-state index in [1.165, 1.54) is 14.2 Å². The molecule has 1 aliphatic heterocycles. The van der Waals surface area contributed by atoms with Crippen molar-refractivity contribution < 1.29 is 19.1 Å². The number of halogens is 1. The molecule has 0 atom stereocenters. The molecule has 2 amide bonds. The van der Waals surface area contributed by atoms with Crippen LogP contribution in [0.5, 0.6) is 0 Å². The summed E-state index contributed by atoms with van der Waals surface area (Å²) in [5.74, 6) is -1.43. The molecule has 0 radical (unpaired) electrons. The molecule has 130 valence electrons. The van der Waals surface area contributed by atoms with Crippen LogP contribution >= 0.6 is 11.6 Å². The van der Waals surface area contributed by atoms with E-state index in [2.05, 4.69) is 5.32 Å². The number of ether oxygens (including phenoxy) is 2. The van der Waals surface area contributed by atoms with Crippen LogP contribution in [0.4, 0.5) is 5.82 Å². The van der Waals surface area contributed by atoms with Gasteiger partial charge >= 0.3 is 0 Å². The van der Waals surface area contributed by atoms with Crippen LogP contribution in [0, 0.1) is 0 Å². The van der Waals surface area contributed by atoms with E-state index >= 15 is 0 Å². The predicted molar refractivity (Wildman–Crippen MR) is 90.0 cm³/mol. The first kappa shape index (κ1) is 17.2. The summed E-state index contributed by atoms with van der Waals surface area (Å²) in [7, 11) is 2.89. The maximum atomic E-state index is 12.5. The Bertz CT molecular complexity index is 950. The smallest absolute Gasteiger partial charge is 0.262 e. The van der Waals surface area contributed by atoms with Crippen LogP contribution in [0.25, 0.3) is 5.69 Å². The zero-order valence-electron chi connectivity index (χ0n) is 13.3. The van der Waals surface area contributed by atoms with Crippen molar-refractivity contribution >= 4 is 29.2 Å². The number of nitrogens with one attached hydrogen (secondary N) is 1. The van der Waals surface area contributed by atoms with E-state index in [-0.39, 0.29) is 16.9 Å². The minimum atomic E-state index is -0.747. The molecular formula is C16H14ClN3O5. The molecule has 0 saturated carbocycles. The zero-order valence-corrected chi connectivity index (χ0v) is 14.1. The first-order valence-electron chi connectivity index (χ1n) is 7.15. The molecule has 3 rings (SSSR count). The molecule has 0 bridgehead atoms. The van der Waals surface area contributed by atoms with Gasteiger partial charge in [-0.3, -0.25) is 24.3 Å². The number of methoxy groups -OCH3 is 2. The Morgan fingerprint density at radius 3 is 2.44 bits per heavy atom. The quantitative estimate of drug-likeness (QED) is 0.624. The number of benzene rings is 1. The maximum Gasteiger partial charge on any atom is 0.262 e.